The molecule has 0 N–H and O–H groups in total. The van der Waals surface area contributed by atoms with Crippen molar-refractivity contribution in [3.8, 4) is 0 Å². The summed E-state index contributed by atoms with van der Waals surface area (Å²) in [6, 6.07) is 8.25. The summed E-state index contributed by atoms with van der Waals surface area (Å²) >= 11 is 1.35. The molecule has 0 spiro atoms. The molecule has 1 aromatic rings. The first-order valence-corrected chi connectivity index (χ1v) is 5.86. The highest BCUT2D eigenvalue weighted by Crippen LogP contribution is 2.12. The fourth-order valence-electron chi connectivity index (χ4n) is 0.869. The zero-order chi connectivity index (χ0) is 11.0. The minimum atomic E-state index is 0.176. The molecule has 0 unspecified atom stereocenters. The summed E-state index contributed by atoms with van der Waals surface area (Å²) in [5.74, 6) is 0.787. The summed E-state index contributed by atoms with van der Waals surface area (Å²) in [4.78, 5) is 10.6. The van der Waals surface area contributed by atoms with Gasteiger partial charge in [-0.1, -0.05) is 55.4 Å². The van der Waals surface area contributed by atoms with Crippen LogP contribution in [0.3, 0.4) is 0 Å². The molecule has 0 radical (unpaired) electrons. The molecule has 0 fully saturated rings. The Kier molecular flexibility index (Phi) is 7.21. The number of benzene rings is 1. The van der Waals surface area contributed by atoms with Crippen LogP contribution in [0.25, 0.3) is 0 Å². The van der Waals surface area contributed by atoms with Crippen LogP contribution in [0.15, 0.2) is 24.3 Å². The lowest BCUT2D eigenvalue weighted by Crippen LogP contribution is -1.85. The number of aryl methyl sites for hydroxylation is 1. The summed E-state index contributed by atoms with van der Waals surface area (Å²) in [6.45, 7) is 7.65. The molecule has 0 heterocycles. The average molecular weight is 210 g/mol. The van der Waals surface area contributed by atoms with Gasteiger partial charge in [-0.25, -0.2) is 0 Å². The minimum Gasteiger partial charge on any atom is -0.288 e. The molecule has 0 amide bonds. The second kappa shape index (κ2) is 7.63. The van der Waals surface area contributed by atoms with Crippen LogP contribution < -0.4 is 0 Å². The van der Waals surface area contributed by atoms with Gasteiger partial charge in [0, 0.05) is 12.7 Å². The highest BCUT2D eigenvalue weighted by molar-refractivity contribution is 8.12. The van der Waals surface area contributed by atoms with E-state index in [1.807, 2.05) is 13.8 Å². The zero-order valence-corrected chi connectivity index (χ0v) is 10.1. The third-order valence-corrected chi connectivity index (χ3v) is 2.45. The van der Waals surface area contributed by atoms with Gasteiger partial charge in [0.1, 0.15) is 0 Å². The first-order valence-electron chi connectivity index (χ1n) is 4.87. The fraction of sp³-hybridized carbons (Fsp3) is 0.417. The van der Waals surface area contributed by atoms with Crippen molar-refractivity contribution >= 4 is 16.9 Å². The quantitative estimate of drug-likeness (QED) is 0.738. The molecule has 0 bridgehead atoms. The van der Waals surface area contributed by atoms with E-state index in [1.165, 1.54) is 22.9 Å². The molecule has 14 heavy (non-hydrogen) atoms. The molecule has 0 saturated carbocycles. The van der Waals surface area contributed by atoms with E-state index in [9.17, 15) is 4.79 Å². The van der Waals surface area contributed by atoms with Crippen LogP contribution in [0, 0.1) is 6.92 Å². The number of carbonyl (C=O) groups excluding carboxylic acids is 1. The zero-order valence-electron chi connectivity index (χ0n) is 9.33. The standard InChI is InChI=1S/C10H12OS.C2H6/c1-8-3-5-10(6-4-8)7-12-9(2)11;1-2/h3-6H,7H2,1-2H3;1-2H3. The fourth-order valence-corrected chi connectivity index (χ4v) is 1.43. The molecule has 0 aliphatic carbocycles. The Morgan fingerprint density at radius 1 is 1.21 bits per heavy atom. The van der Waals surface area contributed by atoms with E-state index in [4.69, 9.17) is 0 Å². The summed E-state index contributed by atoms with van der Waals surface area (Å²) in [6.07, 6.45) is 0. The van der Waals surface area contributed by atoms with Gasteiger partial charge in [-0.2, -0.15) is 0 Å². The molecule has 0 aliphatic rings. The van der Waals surface area contributed by atoms with Crippen LogP contribution >= 0.6 is 11.8 Å². The lowest BCUT2D eigenvalue weighted by atomic mass is 10.2. The van der Waals surface area contributed by atoms with E-state index in [-0.39, 0.29) is 5.12 Å². The predicted molar refractivity (Wildman–Crippen MR) is 64.5 cm³/mol. The Balaban J connectivity index is 0.000000791. The molecule has 1 aromatic carbocycles. The molecule has 0 aromatic heterocycles. The van der Waals surface area contributed by atoms with E-state index in [1.54, 1.807) is 6.92 Å². The van der Waals surface area contributed by atoms with E-state index < -0.39 is 0 Å². The summed E-state index contributed by atoms with van der Waals surface area (Å²) in [5, 5.41) is 0.176. The van der Waals surface area contributed by atoms with Crippen molar-refractivity contribution < 1.29 is 4.79 Å². The number of hydrogen-bond acceptors (Lipinski definition) is 2. The van der Waals surface area contributed by atoms with Crippen molar-refractivity contribution in [2.45, 2.75) is 33.4 Å². The molecule has 0 saturated heterocycles. The monoisotopic (exact) mass is 210 g/mol. The largest absolute Gasteiger partial charge is 0.288 e. The van der Waals surface area contributed by atoms with Crippen molar-refractivity contribution in [3.63, 3.8) is 0 Å². The van der Waals surface area contributed by atoms with Gasteiger partial charge in [0.05, 0.1) is 0 Å². The maximum Gasteiger partial charge on any atom is 0.186 e. The van der Waals surface area contributed by atoms with Gasteiger partial charge in [0.15, 0.2) is 5.12 Å². The van der Waals surface area contributed by atoms with E-state index in [2.05, 4.69) is 31.2 Å². The Morgan fingerprint density at radius 3 is 2.14 bits per heavy atom. The predicted octanol–water partition coefficient (Wildman–Crippen LogP) is 3.80. The normalized spacial score (nSPS) is 8.86. The van der Waals surface area contributed by atoms with Crippen LogP contribution in [0.5, 0.6) is 0 Å². The molecule has 1 nitrogen and oxygen atoms in total. The van der Waals surface area contributed by atoms with E-state index >= 15 is 0 Å². The highest BCUT2D eigenvalue weighted by Gasteiger charge is 1.95. The van der Waals surface area contributed by atoms with Gasteiger partial charge in [0.2, 0.25) is 0 Å². The number of hydrogen-bond donors (Lipinski definition) is 0. The van der Waals surface area contributed by atoms with E-state index in [0.29, 0.717) is 0 Å². The third-order valence-electron chi connectivity index (χ3n) is 1.56. The van der Waals surface area contributed by atoms with Crippen molar-refractivity contribution in [3.05, 3.63) is 35.4 Å². The second-order valence-electron chi connectivity index (χ2n) is 2.77. The van der Waals surface area contributed by atoms with Gasteiger partial charge in [-0.3, -0.25) is 4.79 Å². The maximum absolute atomic E-state index is 10.6. The first-order chi connectivity index (χ1) is 6.68. The van der Waals surface area contributed by atoms with Crippen molar-refractivity contribution in [1.82, 2.24) is 0 Å². The van der Waals surface area contributed by atoms with Crippen molar-refractivity contribution in [1.29, 1.82) is 0 Å². The highest BCUT2D eigenvalue weighted by atomic mass is 32.2. The Labute approximate surface area is 90.9 Å². The topological polar surface area (TPSA) is 17.1 Å². The minimum absolute atomic E-state index is 0.176. The van der Waals surface area contributed by atoms with Gasteiger partial charge in [-0.05, 0) is 12.5 Å². The average Bonchev–Trinajstić information content (AvgIpc) is 2.20. The smallest absolute Gasteiger partial charge is 0.186 e. The van der Waals surface area contributed by atoms with Gasteiger partial charge >= 0.3 is 0 Å². The molecule has 0 atom stereocenters. The molecular formula is C12H18OS. The Bertz CT molecular complexity index is 264. The lowest BCUT2D eigenvalue weighted by Gasteiger charge is -1.98. The molecule has 78 valence electrons. The van der Waals surface area contributed by atoms with Crippen LogP contribution in [0.1, 0.15) is 31.9 Å². The summed E-state index contributed by atoms with van der Waals surface area (Å²) in [5.41, 5.74) is 2.47. The second-order valence-corrected chi connectivity index (χ2v) is 3.92. The SMILES string of the molecule is CC.CC(=O)SCc1ccc(C)cc1. The maximum atomic E-state index is 10.6. The molecular weight excluding hydrogens is 192 g/mol. The summed E-state index contributed by atoms with van der Waals surface area (Å²) < 4.78 is 0. The van der Waals surface area contributed by atoms with Crippen LogP contribution in [-0.2, 0) is 10.5 Å². The van der Waals surface area contributed by atoms with Crippen LogP contribution in [0.4, 0.5) is 0 Å². The lowest BCUT2D eigenvalue weighted by molar-refractivity contribution is -0.109. The molecule has 0 aliphatic heterocycles. The number of carbonyl (C=O) groups is 1. The van der Waals surface area contributed by atoms with Gasteiger partial charge in [-0.15, -0.1) is 0 Å². The van der Waals surface area contributed by atoms with Gasteiger partial charge in [0.25, 0.3) is 0 Å². The van der Waals surface area contributed by atoms with Crippen molar-refractivity contribution in [2.75, 3.05) is 0 Å². The van der Waals surface area contributed by atoms with Crippen LogP contribution in [0.2, 0.25) is 0 Å². The Hall–Kier alpha value is -0.760. The first kappa shape index (κ1) is 13.2. The molecule has 1 rings (SSSR count). The van der Waals surface area contributed by atoms with Gasteiger partial charge < -0.3 is 0 Å². The van der Waals surface area contributed by atoms with Crippen LogP contribution in [-0.4, -0.2) is 5.12 Å². The summed E-state index contributed by atoms with van der Waals surface area (Å²) in [7, 11) is 0. The molecule has 2 heteroatoms. The van der Waals surface area contributed by atoms with E-state index in [0.717, 1.165) is 5.75 Å². The Morgan fingerprint density at radius 2 is 1.71 bits per heavy atom. The third kappa shape index (κ3) is 5.81. The number of thioether (sulfide) groups is 1. The van der Waals surface area contributed by atoms with Crippen molar-refractivity contribution in [2.24, 2.45) is 0 Å². The number of rotatable bonds is 2.